The van der Waals surface area contributed by atoms with E-state index in [0.29, 0.717) is 0 Å². The molecule has 0 amide bonds. The van der Waals surface area contributed by atoms with Gasteiger partial charge in [-0.1, -0.05) is 13.3 Å². The Balaban J connectivity index is 1.95. The second kappa shape index (κ2) is 5.55. The van der Waals surface area contributed by atoms with Gasteiger partial charge in [-0.15, -0.1) is 11.3 Å². The van der Waals surface area contributed by atoms with Crippen LogP contribution in [0.2, 0.25) is 0 Å². The third-order valence-corrected chi connectivity index (χ3v) is 4.52. The smallest absolute Gasteiger partial charge is 0.133 e. The molecule has 1 N–H and O–H groups in total. The van der Waals surface area contributed by atoms with Gasteiger partial charge in [0.15, 0.2) is 0 Å². The van der Waals surface area contributed by atoms with E-state index in [0.717, 1.165) is 52.8 Å². The van der Waals surface area contributed by atoms with Gasteiger partial charge in [-0.25, -0.2) is 15.0 Å². The number of nitrogens with one attached hydrogen (secondary N) is 1. The van der Waals surface area contributed by atoms with Crippen molar-refractivity contribution < 1.29 is 0 Å². The molecule has 1 aliphatic rings. The minimum absolute atomic E-state index is 0.105. The van der Waals surface area contributed by atoms with Crippen molar-refractivity contribution in [1.82, 2.24) is 15.0 Å². The van der Waals surface area contributed by atoms with Gasteiger partial charge in [0, 0.05) is 18.3 Å². The lowest BCUT2D eigenvalue weighted by Crippen LogP contribution is -1.93. The molecule has 3 heterocycles. The number of anilines is 1. The zero-order valence-electron chi connectivity index (χ0n) is 11.3. The third kappa shape index (κ3) is 2.25. The molecule has 0 saturated heterocycles. The van der Waals surface area contributed by atoms with E-state index in [9.17, 15) is 5.26 Å². The van der Waals surface area contributed by atoms with Gasteiger partial charge in [0.2, 0.25) is 0 Å². The summed E-state index contributed by atoms with van der Waals surface area (Å²) in [5, 5.41) is 13.4. The first-order valence-corrected chi connectivity index (χ1v) is 7.58. The predicted molar refractivity (Wildman–Crippen MR) is 78.6 cm³/mol. The molecule has 5 nitrogen and oxygen atoms in total. The predicted octanol–water partition coefficient (Wildman–Crippen LogP) is 2.98. The molecule has 0 unspecified atom stereocenters. The van der Waals surface area contributed by atoms with Crippen LogP contribution in [0.5, 0.6) is 0 Å². The molecule has 3 rings (SSSR count). The van der Waals surface area contributed by atoms with Gasteiger partial charge in [0.25, 0.3) is 0 Å². The molecule has 0 bridgehead atoms. The first kappa shape index (κ1) is 13.0. The van der Waals surface area contributed by atoms with Crippen molar-refractivity contribution in [2.45, 2.75) is 32.1 Å². The van der Waals surface area contributed by atoms with E-state index in [4.69, 9.17) is 0 Å². The van der Waals surface area contributed by atoms with Gasteiger partial charge in [-0.2, -0.15) is 5.26 Å². The fraction of sp³-hybridized carbons (Fsp3) is 0.429. The highest BCUT2D eigenvalue weighted by Gasteiger charge is 2.21. The lowest BCUT2D eigenvalue weighted by molar-refractivity contribution is 0.722. The fourth-order valence-corrected chi connectivity index (χ4v) is 3.43. The molecule has 2 aromatic rings. The molecule has 102 valence electrons. The van der Waals surface area contributed by atoms with Crippen LogP contribution in [0, 0.1) is 11.3 Å². The molecule has 20 heavy (non-hydrogen) atoms. The van der Waals surface area contributed by atoms with Crippen LogP contribution in [0.25, 0.3) is 10.6 Å². The zero-order chi connectivity index (χ0) is 13.9. The van der Waals surface area contributed by atoms with Gasteiger partial charge in [0.1, 0.15) is 17.2 Å². The van der Waals surface area contributed by atoms with Crippen LogP contribution in [0.4, 0.5) is 5.82 Å². The number of nitriles is 1. The van der Waals surface area contributed by atoms with Crippen molar-refractivity contribution in [2.75, 3.05) is 11.9 Å². The summed E-state index contributed by atoms with van der Waals surface area (Å²) in [4.78, 5) is 14.1. The number of fused-ring (bicyclic) bond motifs is 1. The maximum atomic E-state index is 9.23. The molecule has 0 radical (unpaired) electrons. The molecule has 2 aromatic heterocycles. The minimum Gasteiger partial charge on any atom is -0.369 e. The highest BCUT2D eigenvalue weighted by atomic mass is 32.1. The number of aromatic nitrogens is 3. The van der Waals surface area contributed by atoms with Gasteiger partial charge in [-0.3, -0.25) is 0 Å². The molecule has 1 aliphatic heterocycles. The van der Waals surface area contributed by atoms with Crippen LogP contribution >= 0.6 is 11.3 Å². The Hall–Kier alpha value is -2.00. The van der Waals surface area contributed by atoms with Crippen molar-refractivity contribution in [3.05, 3.63) is 23.1 Å². The maximum absolute atomic E-state index is 9.23. The van der Waals surface area contributed by atoms with Crippen molar-refractivity contribution >= 4 is 17.2 Å². The molecular formula is C14H15N5S. The summed E-state index contributed by atoms with van der Waals surface area (Å²) < 4.78 is 0. The van der Waals surface area contributed by atoms with Crippen LogP contribution in [-0.4, -0.2) is 21.5 Å². The summed E-state index contributed by atoms with van der Waals surface area (Å²) in [6, 6.07) is 2.34. The van der Waals surface area contributed by atoms with E-state index < -0.39 is 0 Å². The molecule has 0 aliphatic carbocycles. The van der Waals surface area contributed by atoms with E-state index >= 15 is 0 Å². The number of thiazole rings is 1. The van der Waals surface area contributed by atoms with Gasteiger partial charge in [0.05, 0.1) is 22.6 Å². The molecule has 0 saturated carbocycles. The Morgan fingerprint density at radius 2 is 2.35 bits per heavy atom. The van der Waals surface area contributed by atoms with Crippen LogP contribution in [0.15, 0.2) is 12.5 Å². The lowest BCUT2D eigenvalue weighted by atomic mass is 10.1. The summed E-state index contributed by atoms with van der Waals surface area (Å²) in [5.41, 5.74) is 2.11. The molecule has 0 aromatic carbocycles. The van der Waals surface area contributed by atoms with E-state index in [1.807, 2.05) is 6.20 Å². The summed E-state index contributed by atoms with van der Waals surface area (Å²) in [6.45, 7) is 2.99. The Morgan fingerprint density at radius 1 is 1.45 bits per heavy atom. The molecular weight excluding hydrogens is 270 g/mol. The average molecular weight is 285 g/mol. The van der Waals surface area contributed by atoms with Gasteiger partial charge < -0.3 is 5.32 Å². The van der Waals surface area contributed by atoms with Crippen molar-refractivity contribution in [1.29, 1.82) is 5.26 Å². The topological polar surface area (TPSA) is 74.5 Å². The molecule has 6 heteroatoms. The molecule has 0 spiro atoms. The number of hydrogen-bond acceptors (Lipinski definition) is 6. The van der Waals surface area contributed by atoms with Crippen molar-refractivity contribution in [3.63, 3.8) is 0 Å². The lowest BCUT2D eigenvalue weighted by Gasteiger charge is -2.03. The summed E-state index contributed by atoms with van der Waals surface area (Å²) in [6.07, 6.45) is 6.20. The third-order valence-electron chi connectivity index (χ3n) is 3.40. The summed E-state index contributed by atoms with van der Waals surface area (Å²) >= 11 is 1.57. The van der Waals surface area contributed by atoms with E-state index in [-0.39, 0.29) is 5.92 Å². The zero-order valence-corrected chi connectivity index (χ0v) is 12.1. The van der Waals surface area contributed by atoms with E-state index in [2.05, 4.69) is 33.3 Å². The maximum Gasteiger partial charge on any atom is 0.133 e. The number of nitrogens with zero attached hydrogens (tertiary/aromatic N) is 4. The Labute approximate surface area is 121 Å². The SMILES string of the molecule is CCC[C@H](C#N)c1ncc(-c2ncnc3c2CCN3)s1. The minimum atomic E-state index is -0.105. The van der Waals surface area contributed by atoms with E-state index in [1.165, 1.54) is 0 Å². The quantitative estimate of drug-likeness (QED) is 0.934. The second-order valence-corrected chi connectivity index (χ2v) is 5.82. The normalized spacial score (nSPS) is 14.4. The first-order valence-electron chi connectivity index (χ1n) is 6.77. The fourth-order valence-electron chi connectivity index (χ4n) is 2.41. The van der Waals surface area contributed by atoms with Crippen LogP contribution in [-0.2, 0) is 6.42 Å². The monoisotopic (exact) mass is 285 g/mol. The number of hydrogen-bond donors (Lipinski definition) is 1. The van der Waals surface area contributed by atoms with Gasteiger partial charge >= 0.3 is 0 Å². The van der Waals surface area contributed by atoms with E-state index in [1.54, 1.807) is 17.7 Å². The van der Waals surface area contributed by atoms with Crippen molar-refractivity contribution in [2.24, 2.45) is 0 Å². The average Bonchev–Trinajstić information content (AvgIpc) is 3.12. The van der Waals surface area contributed by atoms with Crippen LogP contribution in [0.1, 0.15) is 36.3 Å². The van der Waals surface area contributed by atoms with Crippen LogP contribution in [0.3, 0.4) is 0 Å². The molecule has 1 atom stereocenters. The van der Waals surface area contributed by atoms with Gasteiger partial charge in [-0.05, 0) is 12.8 Å². The standard InChI is InChI=1S/C14H15N5S/c1-2-3-9(6-15)14-17-7-11(20-14)12-10-4-5-16-13(10)19-8-18-12/h7-9H,2-5H2,1H3,(H,16,18,19)/t9-/m1/s1. The highest BCUT2D eigenvalue weighted by Crippen LogP contribution is 2.35. The summed E-state index contributed by atoms with van der Waals surface area (Å²) in [5.74, 6) is 0.821. The van der Waals surface area contributed by atoms with Crippen molar-refractivity contribution in [3.8, 4) is 16.6 Å². The van der Waals surface area contributed by atoms with Crippen LogP contribution < -0.4 is 5.32 Å². The first-order chi connectivity index (χ1) is 9.83. The summed E-state index contributed by atoms with van der Waals surface area (Å²) in [7, 11) is 0. The molecule has 0 fully saturated rings. The Morgan fingerprint density at radius 3 is 3.15 bits per heavy atom. The Bertz CT molecular complexity index is 658. The largest absolute Gasteiger partial charge is 0.369 e. The number of rotatable bonds is 4. The second-order valence-electron chi connectivity index (χ2n) is 4.76. The Kier molecular flexibility index (Phi) is 3.61. The highest BCUT2D eigenvalue weighted by molar-refractivity contribution is 7.15.